The normalized spacial score (nSPS) is 14.7. The van der Waals surface area contributed by atoms with Crippen LogP contribution in [0.4, 0.5) is 4.79 Å². The highest BCUT2D eigenvalue weighted by Gasteiger charge is 2.32. The first-order valence-electron chi connectivity index (χ1n) is 9.01. The van der Waals surface area contributed by atoms with Crippen LogP contribution in [0.2, 0.25) is 5.15 Å². The summed E-state index contributed by atoms with van der Waals surface area (Å²) in [5, 5.41) is 0.240. The summed E-state index contributed by atoms with van der Waals surface area (Å²) in [7, 11) is 0. The molecule has 1 aliphatic heterocycles. The fourth-order valence-electron chi connectivity index (χ4n) is 3.07. The number of nitrogens with zero attached hydrogens (tertiary/aromatic N) is 2. The molecule has 0 unspecified atom stereocenters. The Morgan fingerprint density at radius 1 is 1.22 bits per heavy atom. The molecule has 0 radical (unpaired) electrons. The third kappa shape index (κ3) is 4.19. The minimum absolute atomic E-state index is 0.0299. The molecule has 0 bridgehead atoms. The number of hydrogen-bond acceptors (Lipinski definition) is 4. The number of Topliss-reactive ketones (excluding diaryl/α,β-unsaturated/α-hetero) is 1. The van der Waals surface area contributed by atoms with Crippen molar-refractivity contribution in [2.75, 3.05) is 13.2 Å². The lowest BCUT2D eigenvalue weighted by atomic mass is 9.93. The molecular formula is C21H21ClN2O3. The third-order valence-electron chi connectivity index (χ3n) is 4.38. The Bertz CT molecular complexity index is 865. The molecule has 5 nitrogen and oxygen atoms in total. The maximum atomic E-state index is 13.2. The van der Waals surface area contributed by atoms with E-state index in [2.05, 4.69) is 4.98 Å². The standard InChI is InChI=1S/C21H21ClN2O3/c1-2-3-11-17(25)18(15-8-5-4-6-9-15)19(24-13-14-27-21(24)26)16-10-7-12-23-20(16)22/h4-10,12H,2-3,11,13-14H2,1H3/b19-18+. The Morgan fingerprint density at radius 3 is 2.63 bits per heavy atom. The van der Waals surface area contributed by atoms with Crippen LogP contribution < -0.4 is 0 Å². The van der Waals surface area contributed by atoms with Crippen LogP contribution in [0, 0.1) is 0 Å². The average molecular weight is 385 g/mol. The van der Waals surface area contributed by atoms with Crippen molar-refractivity contribution in [1.82, 2.24) is 9.88 Å². The quantitative estimate of drug-likeness (QED) is 0.507. The van der Waals surface area contributed by atoms with Gasteiger partial charge in [0.15, 0.2) is 5.78 Å². The molecule has 27 heavy (non-hydrogen) atoms. The first-order chi connectivity index (χ1) is 13.1. The lowest BCUT2D eigenvalue weighted by Gasteiger charge is -2.22. The summed E-state index contributed by atoms with van der Waals surface area (Å²) in [5.41, 5.74) is 2.22. The van der Waals surface area contributed by atoms with E-state index < -0.39 is 6.09 Å². The van der Waals surface area contributed by atoms with Crippen molar-refractivity contribution in [2.45, 2.75) is 26.2 Å². The van der Waals surface area contributed by atoms with Gasteiger partial charge in [0.25, 0.3) is 0 Å². The minimum atomic E-state index is -0.485. The van der Waals surface area contributed by atoms with Crippen LogP contribution >= 0.6 is 11.6 Å². The summed E-state index contributed by atoms with van der Waals surface area (Å²) >= 11 is 6.35. The van der Waals surface area contributed by atoms with Gasteiger partial charge in [-0.25, -0.2) is 9.78 Å². The number of carbonyl (C=O) groups is 2. The van der Waals surface area contributed by atoms with E-state index in [9.17, 15) is 9.59 Å². The van der Waals surface area contributed by atoms with Crippen molar-refractivity contribution in [3.63, 3.8) is 0 Å². The molecule has 0 saturated carbocycles. The lowest BCUT2D eigenvalue weighted by molar-refractivity contribution is -0.113. The van der Waals surface area contributed by atoms with Gasteiger partial charge in [0, 0.05) is 23.8 Å². The Hall–Kier alpha value is -2.66. The van der Waals surface area contributed by atoms with Crippen LogP contribution in [0.15, 0.2) is 48.7 Å². The second-order valence-corrected chi connectivity index (χ2v) is 6.58. The van der Waals surface area contributed by atoms with Crippen molar-refractivity contribution < 1.29 is 14.3 Å². The monoisotopic (exact) mass is 384 g/mol. The van der Waals surface area contributed by atoms with E-state index in [4.69, 9.17) is 16.3 Å². The van der Waals surface area contributed by atoms with Crippen LogP contribution in [-0.2, 0) is 9.53 Å². The van der Waals surface area contributed by atoms with Crippen LogP contribution in [0.3, 0.4) is 0 Å². The number of rotatable bonds is 7. The third-order valence-corrected chi connectivity index (χ3v) is 4.68. The van der Waals surface area contributed by atoms with E-state index in [0.29, 0.717) is 29.8 Å². The number of pyridine rings is 1. The number of benzene rings is 1. The van der Waals surface area contributed by atoms with E-state index in [0.717, 1.165) is 18.4 Å². The summed E-state index contributed by atoms with van der Waals surface area (Å²) in [5.74, 6) is -0.0299. The number of halogens is 1. The minimum Gasteiger partial charge on any atom is -0.447 e. The maximum Gasteiger partial charge on any atom is 0.414 e. The molecule has 1 saturated heterocycles. The largest absolute Gasteiger partial charge is 0.447 e. The van der Waals surface area contributed by atoms with Crippen LogP contribution in [0.25, 0.3) is 11.3 Å². The number of cyclic esters (lactones) is 1. The smallest absolute Gasteiger partial charge is 0.414 e. The molecule has 1 aliphatic rings. The summed E-state index contributed by atoms with van der Waals surface area (Å²) < 4.78 is 5.13. The summed E-state index contributed by atoms with van der Waals surface area (Å²) in [4.78, 5) is 31.2. The van der Waals surface area contributed by atoms with Gasteiger partial charge in [-0.3, -0.25) is 9.69 Å². The van der Waals surface area contributed by atoms with Crippen molar-refractivity contribution in [1.29, 1.82) is 0 Å². The van der Waals surface area contributed by atoms with E-state index >= 15 is 0 Å². The molecule has 140 valence electrons. The predicted octanol–water partition coefficient (Wildman–Crippen LogP) is 4.81. The Morgan fingerprint density at radius 2 is 2.00 bits per heavy atom. The van der Waals surface area contributed by atoms with E-state index in [1.807, 2.05) is 37.3 Å². The Balaban J connectivity index is 2.27. The van der Waals surface area contributed by atoms with Gasteiger partial charge in [-0.05, 0) is 24.1 Å². The van der Waals surface area contributed by atoms with E-state index in [-0.39, 0.29) is 17.5 Å². The molecule has 3 rings (SSSR count). The summed E-state index contributed by atoms with van der Waals surface area (Å²) in [6.07, 6.45) is 3.16. The van der Waals surface area contributed by atoms with Gasteiger partial charge in [0.1, 0.15) is 11.8 Å². The zero-order chi connectivity index (χ0) is 19.2. The highest BCUT2D eigenvalue weighted by Crippen LogP contribution is 2.35. The SMILES string of the molecule is CCCCC(=O)/C(=C(\c1cccnc1Cl)N1CCOC1=O)c1ccccc1. The van der Waals surface area contributed by atoms with Crippen LogP contribution in [-0.4, -0.2) is 34.9 Å². The zero-order valence-corrected chi connectivity index (χ0v) is 15.9. The number of allylic oxidation sites excluding steroid dienone is 1. The van der Waals surface area contributed by atoms with E-state index in [1.54, 1.807) is 18.3 Å². The summed E-state index contributed by atoms with van der Waals surface area (Å²) in [6, 6.07) is 12.9. The highest BCUT2D eigenvalue weighted by atomic mass is 35.5. The molecule has 0 atom stereocenters. The fourth-order valence-corrected chi connectivity index (χ4v) is 3.28. The van der Waals surface area contributed by atoms with Crippen LogP contribution in [0.5, 0.6) is 0 Å². The van der Waals surface area contributed by atoms with Gasteiger partial charge in [0.2, 0.25) is 0 Å². The summed E-state index contributed by atoms with van der Waals surface area (Å²) in [6.45, 7) is 2.66. The number of aromatic nitrogens is 1. The Kier molecular flexibility index (Phi) is 6.24. The van der Waals surface area contributed by atoms with Gasteiger partial charge in [-0.2, -0.15) is 0 Å². The van der Waals surface area contributed by atoms with Crippen molar-refractivity contribution in [2.24, 2.45) is 0 Å². The van der Waals surface area contributed by atoms with Crippen molar-refractivity contribution in [3.05, 3.63) is 64.9 Å². The first-order valence-corrected chi connectivity index (χ1v) is 9.39. The van der Waals surface area contributed by atoms with Crippen molar-refractivity contribution in [3.8, 4) is 0 Å². The number of unbranched alkanes of at least 4 members (excludes halogenated alkanes) is 1. The van der Waals surface area contributed by atoms with E-state index in [1.165, 1.54) is 4.90 Å². The zero-order valence-electron chi connectivity index (χ0n) is 15.2. The molecule has 2 heterocycles. The van der Waals surface area contributed by atoms with Gasteiger partial charge >= 0.3 is 6.09 Å². The molecule has 1 aromatic carbocycles. The number of carbonyl (C=O) groups excluding carboxylic acids is 2. The van der Waals surface area contributed by atoms with Gasteiger partial charge in [0.05, 0.1) is 12.2 Å². The number of ether oxygens (including phenoxy) is 1. The molecule has 0 N–H and O–H groups in total. The predicted molar refractivity (Wildman–Crippen MR) is 105 cm³/mol. The Labute approximate surface area is 163 Å². The molecule has 0 spiro atoms. The maximum absolute atomic E-state index is 13.2. The molecule has 6 heteroatoms. The molecule has 2 aromatic rings. The number of amides is 1. The van der Waals surface area contributed by atoms with Crippen LogP contribution in [0.1, 0.15) is 37.3 Å². The highest BCUT2D eigenvalue weighted by molar-refractivity contribution is 6.34. The second-order valence-electron chi connectivity index (χ2n) is 6.22. The first kappa shape index (κ1) is 19.1. The van der Waals surface area contributed by atoms with Gasteiger partial charge in [-0.1, -0.05) is 55.3 Å². The van der Waals surface area contributed by atoms with Gasteiger partial charge < -0.3 is 4.74 Å². The lowest BCUT2D eigenvalue weighted by Crippen LogP contribution is -2.25. The molecular weight excluding hydrogens is 364 g/mol. The fraction of sp³-hybridized carbons (Fsp3) is 0.286. The second kappa shape index (κ2) is 8.82. The molecule has 1 amide bonds. The number of hydrogen-bond donors (Lipinski definition) is 0. The van der Waals surface area contributed by atoms with Crippen molar-refractivity contribution >= 4 is 34.7 Å². The molecule has 0 aliphatic carbocycles. The van der Waals surface area contributed by atoms with Gasteiger partial charge in [-0.15, -0.1) is 0 Å². The molecule has 1 aromatic heterocycles. The average Bonchev–Trinajstić information content (AvgIpc) is 3.11. The molecule has 1 fully saturated rings. The topological polar surface area (TPSA) is 59.5 Å². The number of ketones is 1.